The molecule has 0 spiro atoms. The molecule has 1 aliphatic rings. The lowest BCUT2D eigenvalue weighted by Crippen LogP contribution is -2.35. The summed E-state index contributed by atoms with van der Waals surface area (Å²) in [5, 5.41) is 12.3. The Bertz CT molecular complexity index is 1280. The van der Waals surface area contributed by atoms with E-state index in [2.05, 4.69) is 31.9 Å². The second-order valence-corrected chi connectivity index (χ2v) is 8.90. The molecular formula is C25H23N5O2S. The van der Waals surface area contributed by atoms with E-state index in [-0.39, 0.29) is 24.7 Å². The van der Waals surface area contributed by atoms with E-state index in [0.29, 0.717) is 30.4 Å². The van der Waals surface area contributed by atoms with Crippen molar-refractivity contribution >= 4 is 28.8 Å². The number of anilines is 1. The van der Waals surface area contributed by atoms with Crippen LogP contribution < -0.4 is 5.32 Å². The van der Waals surface area contributed by atoms with E-state index in [4.69, 9.17) is 0 Å². The number of fused-ring (bicyclic) bond motifs is 1. The van der Waals surface area contributed by atoms with Crippen LogP contribution in [0.2, 0.25) is 0 Å². The number of aromatic amines is 1. The number of hydrogen-bond donors (Lipinski definition) is 2. The van der Waals surface area contributed by atoms with Crippen LogP contribution >= 0.6 is 11.3 Å². The number of benzene rings is 2. The largest absolute Gasteiger partial charge is 0.338 e. The molecule has 1 aliphatic heterocycles. The quantitative estimate of drug-likeness (QED) is 0.446. The maximum absolute atomic E-state index is 12.6. The van der Waals surface area contributed by atoms with Gasteiger partial charge in [0.15, 0.2) is 11.6 Å². The van der Waals surface area contributed by atoms with Crippen LogP contribution in [0.5, 0.6) is 0 Å². The molecule has 0 unspecified atom stereocenters. The van der Waals surface area contributed by atoms with Gasteiger partial charge in [-0.15, -0.1) is 11.3 Å². The molecule has 0 aliphatic carbocycles. The number of H-pyrrole nitrogens is 1. The highest BCUT2D eigenvalue weighted by Gasteiger charge is 2.22. The summed E-state index contributed by atoms with van der Waals surface area (Å²) >= 11 is 1.74. The van der Waals surface area contributed by atoms with Crippen LogP contribution in [0.4, 0.5) is 5.69 Å². The predicted molar refractivity (Wildman–Crippen MR) is 129 cm³/mol. The Kier molecular flexibility index (Phi) is 5.99. The molecule has 4 aromatic rings. The molecule has 2 aromatic heterocycles. The third-order valence-electron chi connectivity index (χ3n) is 5.70. The van der Waals surface area contributed by atoms with Gasteiger partial charge in [-0.05, 0) is 35.6 Å². The van der Waals surface area contributed by atoms with Crippen molar-refractivity contribution < 1.29 is 9.59 Å². The third-order valence-corrected chi connectivity index (χ3v) is 6.72. The van der Waals surface area contributed by atoms with Gasteiger partial charge >= 0.3 is 0 Å². The lowest BCUT2D eigenvalue weighted by molar-refractivity contribution is -0.133. The summed E-state index contributed by atoms with van der Waals surface area (Å²) in [7, 11) is 0. The molecule has 3 heterocycles. The maximum Gasteiger partial charge on any atom is 0.224 e. The van der Waals surface area contributed by atoms with Crippen LogP contribution in [0.3, 0.4) is 0 Å². The summed E-state index contributed by atoms with van der Waals surface area (Å²) in [5.74, 6) is 0.971. The van der Waals surface area contributed by atoms with Crippen LogP contribution in [0.25, 0.3) is 22.8 Å². The highest BCUT2D eigenvalue weighted by molar-refractivity contribution is 7.10. The van der Waals surface area contributed by atoms with Crippen molar-refractivity contribution in [1.82, 2.24) is 20.1 Å². The summed E-state index contributed by atoms with van der Waals surface area (Å²) in [6.07, 6.45) is 1.21. The first-order valence-corrected chi connectivity index (χ1v) is 11.8. The van der Waals surface area contributed by atoms with E-state index >= 15 is 0 Å². The minimum Gasteiger partial charge on any atom is -0.338 e. The van der Waals surface area contributed by atoms with Crippen molar-refractivity contribution in [3.05, 3.63) is 76.5 Å². The molecule has 0 atom stereocenters. The molecule has 0 saturated heterocycles. The number of para-hydroxylation sites is 1. The smallest absolute Gasteiger partial charge is 0.224 e. The van der Waals surface area contributed by atoms with Gasteiger partial charge in [0, 0.05) is 41.9 Å². The van der Waals surface area contributed by atoms with Gasteiger partial charge < -0.3 is 10.2 Å². The van der Waals surface area contributed by atoms with Crippen molar-refractivity contribution in [2.75, 3.05) is 11.9 Å². The highest BCUT2D eigenvalue weighted by atomic mass is 32.1. The van der Waals surface area contributed by atoms with Crippen LogP contribution in [0.15, 0.2) is 66.0 Å². The topological polar surface area (TPSA) is 91.0 Å². The molecule has 7 nitrogen and oxygen atoms in total. The fraction of sp³-hybridized carbons (Fsp3) is 0.200. The first-order valence-electron chi connectivity index (χ1n) is 10.9. The van der Waals surface area contributed by atoms with Gasteiger partial charge in [-0.2, -0.15) is 5.10 Å². The molecule has 33 heavy (non-hydrogen) atoms. The summed E-state index contributed by atoms with van der Waals surface area (Å²) < 4.78 is 0. The van der Waals surface area contributed by atoms with Crippen LogP contribution in [0.1, 0.15) is 23.3 Å². The van der Waals surface area contributed by atoms with Gasteiger partial charge in [0.25, 0.3) is 0 Å². The van der Waals surface area contributed by atoms with Gasteiger partial charge in [-0.3, -0.25) is 14.7 Å². The van der Waals surface area contributed by atoms with E-state index in [1.54, 1.807) is 11.3 Å². The summed E-state index contributed by atoms with van der Waals surface area (Å²) in [4.78, 5) is 33.1. The Morgan fingerprint density at radius 2 is 1.85 bits per heavy atom. The van der Waals surface area contributed by atoms with Crippen molar-refractivity contribution in [2.45, 2.75) is 25.8 Å². The zero-order chi connectivity index (χ0) is 22.6. The van der Waals surface area contributed by atoms with Gasteiger partial charge in [-0.25, -0.2) is 4.98 Å². The third kappa shape index (κ3) is 4.70. The summed E-state index contributed by atoms with van der Waals surface area (Å²) in [5.41, 5.74) is 3.51. The fourth-order valence-electron chi connectivity index (χ4n) is 3.95. The van der Waals surface area contributed by atoms with E-state index in [1.807, 2.05) is 59.5 Å². The van der Waals surface area contributed by atoms with E-state index in [0.717, 1.165) is 17.5 Å². The van der Waals surface area contributed by atoms with Crippen molar-refractivity contribution in [2.24, 2.45) is 0 Å². The number of carbonyl (C=O) groups excluding carboxylic acids is 2. The lowest BCUT2D eigenvalue weighted by Gasteiger charge is -2.27. The maximum atomic E-state index is 12.6. The Labute approximate surface area is 195 Å². The Balaban J connectivity index is 1.22. The molecule has 0 radical (unpaired) electrons. The van der Waals surface area contributed by atoms with E-state index < -0.39 is 0 Å². The van der Waals surface area contributed by atoms with Gasteiger partial charge in [0.05, 0.1) is 5.69 Å². The van der Waals surface area contributed by atoms with Crippen LogP contribution in [-0.2, 0) is 22.6 Å². The first kappa shape index (κ1) is 21.1. The molecule has 8 heteroatoms. The average molecular weight is 458 g/mol. The first-order chi connectivity index (χ1) is 16.2. The van der Waals surface area contributed by atoms with E-state index in [9.17, 15) is 9.59 Å². The second kappa shape index (κ2) is 9.38. The van der Waals surface area contributed by atoms with E-state index in [1.165, 1.54) is 10.4 Å². The zero-order valence-electron chi connectivity index (χ0n) is 18.0. The number of thiophene rings is 1. The number of hydrogen-bond acceptors (Lipinski definition) is 5. The molecular weight excluding hydrogens is 434 g/mol. The van der Waals surface area contributed by atoms with Gasteiger partial charge in [-0.1, -0.05) is 42.5 Å². The number of nitrogens with one attached hydrogen (secondary N) is 2. The molecule has 166 valence electrons. The van der Waals surface area contributed by atoms with Crippen LogP contribution in [0, 0.1) is 0 Å². The molecule has 2 aromatic carbocycles. The van der Waals surface area contributed by atoms with Gasteiger partial charge in [0.2, 0.25) is 11.8 Å². The summed E-state index contributed by atoms with van der Waals surface area (Å²) in [6, 6.07) is 19.2. The number of nitrogens with zero attached hydrogens (tertiary/aromatic N) is 3. The Morgan fingerprint density at radius 3 is 2.73 bits per heavy atom. The highest BCUT2D eigenvalue weighted by Crippen LogP contribution is 2.27. The number of carbonyl (C=O) groups is 2. The fourth-order valence-corrected chi connectivity index (χ4v) is 4.84. The Morgan fingerprint density at radius 1 is 1.03 bits per heavy atom. The molecule has 2 amide bonds. The number of amides is 2. The molecule has 0 bridgehead atoms. The normalized spacial score (nSPS) is 12.9. The van der Waals surface area contributed by atoms with Crippen LogP contribution in [-0.4, -0.2) is 38.4 Å². The SMILES string of the molecule is O=C(CCC(=O)N1CCc2sccc2C1)Nc1ccccc1-c1nc(-c2ccccc2)n[nH]1. The van der Waals surface area contributed by atoms with Crippen molar-refractivity contribution in [3.8, 4) is 22.8 Å². The Hall–Kier alpha value is -3.78. The predicted octanol–water partition coefficient (Wildman–Crippen LogP) is 4.50. The average Bonchev–Trinajstić information content (AvgIpc) is 3.53. The van der Waals surface area contributed by atoms with Crippen molar-refractivity contribution in [3.63, 3.8) is 0 Å². The zero-order valence-corrected chi connectivity index (χ0v) is 18.8. The van der Waals surface area contributed by atoms with Gasteiger partial charge in [0.1, 0.15) is 0 Å². The summed E-state index contributed by atoms with van der Waals surface area (Å²) in [6.45, 7) is 1.35. The molecule has 2 N–H and O–H groups in total. The molecule has 0 fully saturated rings. The standard InChI is InChI=1S/C25H23N5O2S/c31-22(10-11-23(32)30-14-12-21-18(16-30)13-15-33-21)26-20-9-5-4-8-19(20)25-27-24(28-29-25)17-6-2-1-3-7-17/h1-9,13,15H,10-12,14,16H2,(H,26,31)(H,27,28,29). The molecule has 5 rings (SSSR count). The minimum absolute atomic E-state index is 0.0121. The number of rotatable bonds is 6. The minimum atomic E-state index is -0.202. The lowest BCUT2D eigenvalue weighted by atomic mass is 10.1. The second-order valence-electron chi connectivity index (χ2n) is 7.90. The monoisotopic (exact) mass is 457 g/mol. The van der Waals surface area contributed by atoms with Crippen molar-refractivity contribution in [1.29, 1.82) is 0 Å². The molecule has 0 saturated carbocycles. The number of aromatic nitrogens is 3.